The van der Waals surface area contributed by atoms with E-state index in [4.69, 9.17) is 0 Å². The summed E-state index contributed by atoms with van der Waals surface area (Å²) in [5.41, 5.74) is 1.12. The topological polar surface area (TPSA) is 59.4 Å². The van der Waals surface area contributed by atoms with Crippen LogP contribution in [0.1, 0.15) is 29.9 Å². The molecule has 0 amide bonds. The van der Waals surface area contributed by atoms with Crippen molar-refractivity contribution in [2.45, 2.75) is 13.8 Å². The predicted molar refractivity (Wildman–Crippen MR) is 71.6 cm³/mol. The molecule has 0 N–H and O–H groups in total. The van der Waals surface area contributed by atoms with Gasteiger partial charge < -0.3 is 0 Å². The number of Topliss-reactive ketones (excluding diaryl/α,β-unsaturated/α-hetero) is 2. The van der Waals surface area contributed by atoms with Crippen LogP contribution in [0.25, 0.3) is 5.70 Å². The molecule has 0 saturated heterocycles. The summed E-state index contributed by atoms with van der Waals surface area (Å²) in [6, 6.07) is 3.15. The standard InChI is InChI=1S/C12H8N2O2.C2H6/c1-3-7-9(13-2)10-8(5-4-6-14-10)12(16)11(7)15;1-2/h3-6H,1-2H2;1-2H3. The minimum Gasteiger partial charge on any atom is -0.285 e. The molecular formula is C14H14N2O2. The number of carbonyl (C=O) groups excluding carboxylic acids is 2. The lowest BCUT2D eigenvalue weighted by Gasteiger charge is -2.15. The number of hydrogen-bond donors (Lipinski definition) is 0. The first-order chi connectivity index (χ1) is 8.70. The predicted octanol–water partition coefficient (Wildman–Crippen LogP) is 2.47. The highest BCUT2D eigenvalue weighted by molar-refractivity contribution is 6.53. The van der Waals surface area contributed by atoms with Crippen LogP contribution in [0.3, 0.4) is 0 Å². The third-order valence-electron chi connectivity index (χ3n) is 2.34. The lowest BCUT2D eigenvalue weighted by molar-refractivity contribution is -0.111. The second-order valence-electron chi connectivity index (χ2n) is 3.18. The maximum absolute atomic E-state index is 11.7. The number of hydrogen-bond acceptors (Lipinski definition) is 4. The zero-order valence-corrected chi connectivity index (χ0v) is 10.4. The Balaban J connectivity index is 0.000000771. The van der Waals surface area contributed by atoms with E-state index in [-0.39, 0.29) is 11.1 Å². The summed E-state index contributed by atoms with van der Waals surface area (Å²) in [5, 5.41) is 0. The molecule has 0 aromatic carbocycles. The highest BCUT2D eigenvalue weighted by atomic mass is 16.2. The minimum absolute atomic E-state index is 0.159. The summed E-state index contributed by atoms with van der Waals surface area (Å²) >= 11 is 0. The zero-order valence-electron chi connectivity index (χ0n) is 10.4. The maximum atomic E-state index is 11.7. The van der Waals surface area contributed by atoms with Gasteiger partial charge in [0, 0.05) is 6.20 Å². The molecule has 0 bridgehead atoms. The Morgan fingerprint density at radius 2 is 1.94 bits per heavy atom. The van der Waals surface area contributed by atoms with Crippen molar-refractivity contribution in [3.8, 4) is 0 Å². The minimum atomic E-state index is -0.613. The van der Waals surface area contributed by atoms with Crippen LogP contribution >= 0.6 is 0 Å². The normalized spacial score (nSPS) is 13.4. The third-order valence-corrected chi connectivity index (χ3v) is 2.34. The molecule has 0 radical (unpaired) electrons. The molecule has 1 aromatic rings. The Bertz CT molecular complexity index is 557. The second kappa shape index (κ2) is 5.82. The fraction of sp³-hybridized carbons (Fsp3) is 0.143. The van der Waals surface area contributed by atoms with Crippen LogP contribution in [-0.4, -0.2) is 23.3 Å². The maximum Gasteiger partial charge on any atom is 0.235 e. The molecule has 2 rings (SSSR count). The SMILES string of the molecule is C=CC1=C(N=C)c2ncccc2C(=O)C1=O.CC. The first-order valence-corrected chi connectivity index (χ1v) is 5.58. The lowest BCUT2D eigenvalue weighted by atomic mass is 9.91. The number of pyridine rings is 1. The highest BCUT2D eigenvalue weighted by Crippen LogP contribution is 2.28. The van der Waals surface area contributed by atoms with E-state index in [1.54, 1.807) is 12.1 Å². The molecule has 1 aromatic heterocycles. The molecule has 4 nitrogen and oxygen atoms in total. The molecule has 1 aliphatic carbocycles. The number of fused-ring (bicyclic) bond motifs is 1. The number of aromatic nitrogens is 1. The molecule has 4 heteroatoms. The van der Waals surface area contributed by atoms with E-state index in [9.17, 15) is 9.59 Å². The second-order valence-corrected chi connectivity index (χ2v) is 3.18. The Morgan fingerprint density at radius 1 is 1.28 bits per heavy atom. The van der Waals surface area contributed by atoms with Crippen LogP contribution in [0.5, 0.6) is 0 Å². The number of allylic oxidation sites excluding steroid dienone is 2. The average Bonchev–Trinajstić information content (AvgIpc) is 2.44. The molecule has 0 fully saturated rings. The summed E-state index contributed by atoms with van der Waals surface area (Å²) in [4.78, 5) is 31.2. The molecule has 0 saturated carbocycles. The summed E-state index contributed by atoms with van der Waals surface area (Å²) in [6.45, 7) is 10.9. The van der Waals surface area contributed by atoms with Crippen molar-refractivity contribution in [3.63, 3.8) is 0 Å². The molecule has 18 heavy (non-hydrogen) atoms. The number of rotatable bonds is 2. The summed E-state index contributed by atoms with van der Waals surface area (Å²) < 4.78 is 0. The Morgan fingerprint density at radius 3 is 2.50 bits per heavy atom. The third kappa shape index (κ3) is 2.05. The van der Waals surface area contributed by atoms with Gasteiger partial charge in [0.1, 0.15) is 5.69 Å². The van der Waals surface area contributed by atoms with Gasteiger partial charge in [-0.05, 0) is 18.9 Å². The van der Waals surface area contributed by atoms with E-state index in [1.807, 2.05) is 13.8 Å². The van der Waals surface area contributed by atoms with Crippen molar-refractivity contribution in [1.29, 1.82) is 0 Å². The van der Waals surface area contributed by atoms with Gasteiger partial charge in [-0.25, -0.2) is 0 Å². The first-order valence-electron chi connectivity index (χ1n) is 5.58. The van der Waals surface area contributed by atoms with Gasteiger partial charge in [0.25, 0.3) is 0 Å². The van der Waals surface area contributed by atoms with Crippen molar-refractivity contribution < 1.29 is 9.59 Å². The van der Waals surface area contributed by atoms with Gasteiger partial charge in [-0.2, -0.15) is 0 Å². The van der Waals surface area contributed by atoms with E-state index in [0.717, 1.165) is 0 Å². The van der Waals surface area contributed by atoms with Crippen molar-refractivity contribution in [1.82, 2.24) is 4.98 Å². The van der Waals surface area contributed by atoms with Crippen molar-refractivity contribution in [2.24, 2.45) is 4.99 Å². The molecule has 1 aliphatic rings. The smallest absolute Gasteiger partial charge is 0.235 e. The van der Waals surface area contributed by atoms with Crippen molar-refractivity contribution in [2.75, 3.05) is 0 Å². The van der Waals surface area contributed by atoms with Gasteiger partial charge >= 0.3 is 0 Å². The monoisotopic (exact) mass is 242 g/mol. The van der Waals surface area contributed by atoms with Crippen molar-refractivity contribution >= 4 is 24.0 Å². The quantitative estimate of drug-likeness (QED) is 0.591. The van der Waals surface area contributed by atoms with Crippen LogP contribution in [0, 0.1) is 0 Å². The molecule has 92 valence electrons. The van der Waals surface area contributed by atoms with Gasteiger partial charge in [-0.3, -0.25) is 19.6 Å². The Hall–Kier alpha value is -2.36. The summed E-state index contributed by atoms with van der Waals surface area (Å²) in [6.07, 6.45) is 2.84. The number of aliphatic imine (C=N–C) groups is 1. The fourth-order valence-electron chi connectivity index (χ4n) is 1.61. The highest BCUT2D eigenvalue weighted by Gasteiger charge is 2.31. The van der Waals surface area contributed by atoms with E-state index >= 15 is 0 Å². The average molecular weight is 242 g/mol. The van der Waals surface area contributed by atoms with Gasteiger partial charge in [0.15, 0.2) is 0 Å². The van der Waals surface area contributed by atoms with Crippen LogP contribution in [0.15, 0.2) is 41.6 Å². The van der Waals surface area contributed by atoms with E-state index in [1.165, 1.54) is 12.3 Å². The molecule has 1 heterocycles. The molecule has 0 atom stereocenters. The molecule has 0 aliphatic heterocycles. The largest absolute Gasteiger partial charge is 0.285 e. The Kier molecular flexibility index (Phi) is 4.43. The van der Waals surface area contributed by atoms with E-state index in [0.29, 0.717) is 11.4 Å². The van der Waals surface area contributed by atoms with E-state index in [2.05, 4.69) is 23.3 Å². The van der Waals surface area contributed by atoms with Crippen LogP contribution in [0.2, 0.25) is 0 Å². The van der Waals surface area contributed by atoms with Crippen LogP contribution < -0.4 is 0 Å². The Labute approximate surface area is 106 Å². The van der Waals surface area contributed by atoms with Crippen molar-refractivity contribution in [3.05, 3.63) is 47.8 Å². The fourth-order valence-corrected chi connectivity index (χ4v) is 1.61. The number of ketones is 2. The molecule has 0 spiro atoms. The van der Waals surface area contributed by atoms with Crippen LogP contribution in [0.4, 0.5) is 0 Å². The number of nitrogens with zero attached hydrogens (tertiary/aromatic N) is 2. The number of carbonyl (C=O) groups is 2. The summed E-state index contributed by atoms with van der Waals surface area (Å²) in [5.74, 6) is -1.19. The van der Waals surface area contributed by atoms with Gasteiger partial charge in [0.2, 0.25) is 11.6 Å². The van der Waals surface area contributed by atoms with Gasteiger partial charge in [0.05, 0.1) is 16.8 Å². The lowest BCUT2D eigenvalue weighted by Crippen LogP contribution is -2.23. The van der Waals surface area contributed by atoms with Gasteiger partial charge in [-0.1, -0.05) is 26.5 Å². The molecular weight excluding hydrogens is 228 g/mol. The first kappa shape index (κ1) is 13.7. The molecule has 0 unspecified atom stereocenters. The summed E-state index contributed by atoms with van der Waals surface area (Å²) in [7, 11) is 0. The zero-order chi connectivity index (χ0) is 13.7. The van der Waals surface area contributed by atoms with Gasteiger partial charge in [-0.15, -0.1) is 0 Å². The van der Waals surface area contributed by atoms with E-state index < -0.39 is 11.6 Å². The van der Waals surface area contributed by atoms with Crippen LogP contribution in [-0.2, 0) is 4.79 Å².